The summed E-state index contributed by atoms with van der Waals surface area (Å²) < 4.78 is 0. The number of nitrogens with one attached hydrogen (secondary N) is 3. The van der Waals surface area contributed by atoms with Crippen LogP contribution in [-0.2, 0) is 11.3 Å². The summed E-state index contributed by atoms with van der Waals surface area (Å²) in [5.74, 6) is 0.0657. The number of carbonyl (C=O) groups excluding carboxylic acids is 1. The molecule has 0 bridgehead atoms. The first-order valence-electron chi connectivity index (χ1n) is 7.81. The fourth-order valence-corrected chi connectivity index (χ4v) is 2.85. The Morgan fingerprint density at radius 2 is 2.00 bits per heavy atom. The highest BCUT2D eigenvalue weighted by molar-refractivity contribution is 6.31. The predicted molar refractivity (Wildman–Crippen MR) is 94.8 cm³/mol. The normalized spacial score (nSPS) is 17.0. The smallest absolute Gasteiger partial charge is 0.228 e. The van der Waals surface area contributed by atoms with Gasteiger partial charge in [-0.1, -0.05) is 41.9 Å². The molecule has 0 aliphatic carbocycles. The van der Waals surface area contributed by atoms with E-state index in [1.54, 1.807) is 6.07 Å². The van der Waals surface area contributed by atoms with Crippen molar-refractivity contribution in [2.24, 2.45) is 5.92 Å². The van der Waals surface area contributed by atoms with E-state index < -0.39 is 0 Å². The van der Waals surface area contributed by atoms with Crippen LogP contribution in [0.3, 0.4) is 0 Å². The van der Waals surface area contributed by atoms with Crippen LogP contribution in [0, 0.1) is 5.92 Å². The van der Waals surface area contributed by atoms with Crippen molar-refractivity contribution in [1.82, 2.24) is 5.32 Å². The standard InChI is InChI=1S/C18H20ClN3O/c19-15-6-7-16(21-11-13-4-2-1-3-5-13)17(10-15)22-18(23)14-8-9-20-12-14/h1-7,10,14,20-21H,8-9,11-12H2,(H,22,23). The molecular formula is C18H20ClN3O. The van der Waals surface area contributed by atoms with E-state index in [0.29, 0.717) is 11.6 Å². The van der Waals surface area contributed by atoms with Gasteiger partial charge in [0.05, 0.1) is 17.3 Å². The van der Waals surface area contributed by atoms with Crippen LogP contribution in [0.2, 0.25) is 5.02 Å². The molecule has 1 aliphatic heterocycles. The molecule has 3 rings (SSSR count). The van der Waals surface area contributed by atoms with Gasteiger partial charge in [0, 0.05) is 18.1 Å². The van der Waals surface area contributed by atoms with Gasteiger partial charge in [0.25, 0.3) is 0 Å². The molecular weight excluding hydrogens is 310 g/mol. The van der Waals surface area contributed by atoms with Crippen molar-refractivity contribution in [2.75, 3.05) is 23.7 Å². The Balaban J connectivity index is 1.71. The van der Waals surface area contributed by atoms with Gasteiger partial charge in [-0.25, -0.2) is 0 Å². The molecule has 1 atom stereocenters. The van der Waals surface area contributed by atoms with Crippen LogP contribution in [0.15, 0.2) is 48.5 Å². The number of hydrogen-bond acceptors (Lipinski definition) is 3. The first-order chi connectivity index (χ1) is 11.2. The lowest BCUT2D eigenvalue weighted by Gasteiger charge is -2.15. The predicted octanol–water partition coefficient (Wildman–Crippen LogP) is 3.50. The maximum Gasteiger partial charge on any atom is 0.228 e. The number of carbonyl (C=O) groups is 1. The Hall–Kier alpha value is -2.04. The highest BCUT2D eigenvalue weighted by Gasteiger charge is 2.23. The van der Waals surface area contributed by atoms with E-state index in [0.717, 1.165) is 30.9 Å². The van der Waals surface area contributed by atoms with Crippen molar-refractivity contribution in [3.05, 3.63) is 59.1 Å². The van der Waals surface area contributed by atoms with Crippen LogP contribution in [0.1, 0.15) is 12.0 Å². The van der Waals surface area contributed by atoms with Crippen LogP contribution >= 0.6 is 11.6 Å². The fourth-order valence-electron chi connectivity index (χ4n) is 2.68. The van der Waals surface area contributed by atoms with E-state index in [1.165, 1.54) is 5.56 Å². The van der Waals surface area contributed by atoms with Gasteiger partial charge in [-0.3, -0.25) is 4.79 Å². The Labute approximate surface area is 141 Å². The molecule has 4 nitrogen and oxygen atoms in total. The van der Waals surface area contributed by atoms with E-state index in [2.05, 4.69) is 28.1 Å². The summed E-state index contributed by atoms with van der Waals surface area (Å²) in [6.07, 6.45) is 0.874. The van der Waals surface area contributed by atoms with E-state index in [9.17, 15) is 4.79 Å². The van der Waals surface area contributed by atoms with Gasteiger partial charge in [-0.2, -0.15) is 0 Å². The van der Waals surface area contributed by atoms with Crippen LogP contribution in [0.25, 0.3) is 0 Å². The lowest BCUT2D eigenvalue weighted by Crippen LogP contribution is -2.25. The summed E-state index contributed by atoms with van der Waals surface area (Å²) in [7, 11) is 0. The molecule has 1 amide bonds. The number of amides is 1. The quantitative estimate of drug-likeness (QED) is 0.787. The Bertz CT molecular complexity index is 669. The lowest BCUT2D eigenvalue weighted by molar-refractivity contribution is -0.119. The number of halogens is 1. The van der Waals surface area contributed by atoms with Gasteiger partial charge < -0.3 is 16.0 Å². The van der Waals surface area contributed by atoms with Crippen LogP contribution in [0.5, 0.6) is 0 Å². The van der Waals surface area contributed by atoms with Gasteiger partial charge in [-0.05, 0) is 36.7 Å². The molecule has 2 aromatic carbocycles. The van der Waals surface area contributed by atoms with E-state index in [-0.39, 0.29) is 11.8 Å². The largest absolute Gasteiger partial charge is 0.379 e. The monoisotopic (exact) mass is 329 g/mol. The second-order valence-corrected chi connectivity index (χ2v) is 6.14. The molecule has 0 spiro atoms. The molecule has 23 heavy (non-hydrogen) atoms. The summed E-state index contributed by atoms with van der Waals surface area (Å²) in [6, 6.07) is 15.6. The van der Waals surface area contributed by atoms with Crippen molar-refractivity contribution in [3.8, 4) is 0 Å². The summed E-state index contributed by atoms with van der Waals surface area (Å²) in [4.78, 5) is 12.3. The SMILES string of the molecule is O=C(Nc1cc(Cl)ccc1NCc1ccccc1)C1CCNC1. The molecule has 2 aromatic rings. The van der Waals surface area contributed by atoms with Crippen molar-refractivity contribution in [3.63, 3.8) is 0 Å². The van der Waals surface area contributed by atoms with Crippen molar-refractivity contribution >= 4 is 28.9 Å². The molecule has 5 heteroatoms. The average molecular weight is 330 g/mol. The van der Waals surface area contributed by atoms with Crippen LogP contribution in [0.4, 0.5) is 11.4 Å². The Kier molecular flexibility index (Phi) is 5.16. The highest BCUT2D eigenvalue weighted by Crippen LogP contribution is 2.27. The van der Waals surface area contributed by atoms with Gasteiger partial charge >= 0.3 is 0 Å². The maximum absolute atomic E-state index is 12.3. The van der Waals surface area contributed by atoms with Crippen LogP contribution < -0.4 is 16.0 Å². The van der Waals surface area contributed by atoms with E-state index >= 15 is 0 Å². The summed E-state index contributed by atoms with van der Waals surface area (Å²) in [5, 5.41) is 10.2. The molecule has 3 N–H and O–H groups in total. The second kappa shape index (κ2) is 7.49. The number of benzene rings is 2. The minimum Gasteiger partial charge on any atom is -0.379 e. The molecule has 0 radical (unpaired) electrons. The number of anilines is 2. The molecule has 1 unspecified atom stereocenters. The number of hydrogen-bond donors (Lipinski definition) is 3. The third-order valence-corrected chi connectivity index (χ3v) is 4.23. The number of rotatable bonds is 5. The van der Waals surface area contributed by atoms with Gasteiger partial charge in [0.1, 0.15) is 0 Å². The van der Waals surface area contributed by atoms with E-state index in [4.69, 9.17) is 11.6 Å². The zero-order valence-corrected chi connectivity index (χ0v) is 13.6. The Morgan fingerprint density at radius 3 is 2.74 bits per heavy atom. The summed E-state index contributed by atoms with van der Waals surface area (Å²) >= 11 is 6.09. The van der Waals surface area contributed by atoms with Crippen LogP contribution in [-0.4, -0.2) is 19.0 Å². The lowest BCUT2D eigenvalue weighted by atomic mass is 10.1. The summed E-state index contributed by atoms with van der Waals surface area (Å²) in [5.41, 5.74) is 2.78. The molecule has 0 aromatic heterocycles. The molecule has 1 saturated heterocycles. The minimum atomic E-state index is 0.0240. The van der Waals surface area contributed by atoms with Crippen molar-refractivity contribution in [1.29, 1.82) is 0 Å². The molecule has 120 valence electrons. The topological polar surface area (TPSA) is 53.2 Å². The fraction of sp³-hybridized carbons (Fsp3) is 0.278. The van der Waals surface area contributed by atoms with Gasteiger partial charge in [0.2, 0.25) is 5.91 Å². The first kappa shape index (κ1) is 15.8. The molecule has 1 heterocycles. The molecule has 1 aliphatic rings. The average Bonchev–Trinajstić information content (AvgIpc) is 3.10. The third kappa shape index (κ3) is 4.24. The van der Waals surface area contributed by atoms with Crippen molar-refractivity contribution < 1.29 is 4.79 Å². The minimum absolute atomic E-state index is 0.0240. The maximum atomic E-state index is 12.3. The molecule has 0 saturated carbocycles. The first-order valence-corrected chi connectivity index (χ1v) is 8.19. The van der Waals surface area contributed by atoms with Gasteiger partial charge in [-0.15, -0.1) is 0 Å². The summed E-state index contributed by atoms with van der Waals surface area (Å²) in [6.45, 7) is 2.32. The van der Waals surface area contributed by atoms with E-state index in [1.807, 2.05) is 30.3 Å². The Morgan fingerprint density at radius 1 is 1.17 bits per heavy atom. The second-order valence-electron chi connectivity index (χ2n) is 5.71. The zero-order chi connectivity index (χ0) is 16.1. The third-order valence-electron chi connectivity index (χ3n) is 4.00. The highest BCUT2D eigenvalue weighted by atomic mass is 35.5. The van der Waals surface area contributed by atoms with Crippen molar-refractivity contribution in [2.45, 2.75) is 13.0 Å². The molecule has 1 fully saturated rings. The zero-order valence-electron chi connectivity index (χ0n) is 12.8. The van der Waals surface area contributed by atoms with Gasteiger partial charge in [0.15, 0.2) is 0 Å².